The van der Waals surface area contributed by atoms with Gasteiger partial charge in [0.1, 0.15) is 10.9 Å². The molecule has 0 fully saturated rings. The molecule has 1 heterocycles. The number of aryl methyl sites for hydroxylation is 2. The summed E-state index contributed by atoms with van der Waals surface area (Å²) in [7, 11) is 5.37. The Morgan fingerprint density at radius 2 is 1.68 bits per heavy atom. The van der Waals surface area contributed by atoms with Gasteiger partial charge in [0.15, 0.2) is 5.69 Å². The number of hydrogen-bond acceptors (Lipinski definition) is 8. The maximum atomic E-state index is 14.1. The number of benzene rings is 2. The lowest BCUT2D eigenvalue weighted by Crippen LogP contribution is -2.44. The van der Waals surface area contributed by atoms with Crippen LogP contribution in [0.4, 0.5) is 17.1 Å². The Kier molecular flexibility index (Phi) is 8.85. The predicted molar refractivity (Wildman–Crippen MR) is 146 cm³/mol. The van der Waals surface area contributed by atoms with Gasteiger partial charge < -0.3 is 26.4 Å². The van der Waals surface area contributed by atoms with Crippen molar-refractivity contribution in [2.24, 2.45) is 5.73 Å². The zero-order valence-corrected chi connectivity index (χ0v) is 22.4. The van der Waals surface area contributed by atoms with E-state index >= 15 is 0 Å². The molecule has 10 nitrogen and oxygen atoms in total. The highest BCUT2D eigenvalue weighted by molar-refractivity contribution is 7.09. The number of carbonyl (C=O) groups is 3. The molecular formula is C26H32N6O4S. The molecule has 11 heteroatoms. The van der Waals surface area contributed by atoms with Gasteiger partial charge in [-0.05, 0) is 66.3 Å². The van der Waals surface area contributed by atoms with E-state index in [1.807, 2.05) is 75.3 Å². The van der Waals surface area contributed by atoms with E-state index in [1.54, 1.807) is 0 Å². The maximum Gasteiger partial charge on any atom is 0.273 e. The third-order valence-corrected chi connectivity index (χ3v) is 6.55. The van der Waals surface area contributed by atoms with Crippen LogP contribution in [-0.4, -0.2) is 56.5 Å². The minimum Gasteiger partial charge on any atom is -0.395 e. The second-order valence-corrected chi connectivity index (χ2v) is 9.61. The fourth-order valence-corrected chi connectivity index (χ4v) is 4.70. The fourth-order valence-electron chi connectivity index (χ4n) is 3.96. The molecular weight excluding hydrogens is 492 g/mol. The highest BCUT2D eigenvalue weighted by Gasteiger charge is 2.36. The van der Waals surface area contributed by atoms with Crippen LogP contribution < -0.4 is 26.6 Å². The number of nitrogens with two attached hydrogens (primary N) is 2. The van der Waals surface area contributed by atoms with Gasteiger partial charge in [-0.2, -0.15) is 4.37 Å². The van der Waals surface area contributed by atoms with E-state index in [1.165, 1.54) is 12.0 Å². The molecule has 0 saturated carbocycles. The SMILES string of the molecule is COCCNC(=O)[C@@H](c1ccc(N(C)C)cc1)N(C(=O)c1snc(C(N)=O)c1N)c1cc(C)cc(C)c1. The van der Waals surface area contributed by atoms with E-state index in [0.717, 1.165) is 28.3 Å². The first-order valence-electron chi connectivity index (χ1n) is 11.6. The topological polar surface area (TPSA) is 144 Å². The summed E-state index contributed by atoms with van der Waals surface area (Å²) in [6.45, 7) is 4.38. The summed E-state index contributed by atoms with van der Waals surface area (Å²) in [6, 6.07) is 11.9. The van der Waals surface area contributed by atoms with Crippen LogP contribution in [0.2, 0.25) is 0 Å². The van der Waals surface area contributed by atoms with Gasteiger partial charge >= 0.3 is 0 Å². The summed E-state index contributed by atoms with van der Waals surface area (Å²) in [5, 5.41) is 2.86. The van der Waals surface area contributed by atoms with Crippen molar-refractivity contribution < 1.29 is 19.1 Å². The van der Waals surface area contributed by atoms with Gasteiger partial charge in [0, 0.05) is 39.1 Å². The molecule has 0 aliphatic rings. The standard InChI is InChI=1S/C26H32N6O4S/c1-15-12-16(2)14-19(13-15)32(26(35)23-20(27)21(24(28)33)30-37-23)22(25(34)29-10-11-36-5)17-6-8-18(9-7-17)31(3)4/h6-9,12-14,22H,10-11,27H2,1-5H3,(H2,28,33)(H,29,34)/t22-/m1/s1. The van der Waals surface area contributed by atoms with Crippen LogP contribution in [0.15, 0.2) is 42.5 Å². The van der Waals surface area contributed by atoms with Crippen molar-refractivity contribution in [1.82, 2.24) is 9.69 Å². The predicted octanol–water partition coefficient (Wildman–Crippen LogP) is 2.66. The lowest BCUT2D eigenvalue weighted by Gasteiger charge is -2.32. The average molecular weight is 525 g/mol. The lowest BCUT2D eigenvalue weighted by molar-refractivity contribution is -0.122. The summed E-state index contributed by atoms with van der Waals surface area (Å²) in [6.07, 6.45) is 0. The van der Waals surface area contributed by atoms with E-state index in [4.69, 9.17) is 16.2 Å². The highest BCUT2D eigenvalue weighted by Crippen LogP contribution is 2.34. The van der Waals surface area contributed by atoms with Gasteiger partial charge in [-0.1, -0.05) is 18.2 Å². The minimum atomic E-state index is -1.06. The van der Waals surface area contributed by atoms with Crippen molar-refractivity contribution in [3.05, 3.63) is 69.7 Å². The summed E-state index contributed by atoms with van der Waals surface area (Å²) >= 11 is 0.771. The van der Waals surface area contributed by atoms with Crippen molar-refractivity contribution in [3.8, 4) is 0 Å². The van der Waals surface area contributed by atoms with Crippen LogP contribution >= 0.6 is 11.5 Å². The summed E-state index contributed by atoms with van der Waals surface area (Å²) < 4.78 is 9.07. The number of primary amides is 1. The molecule has 2 aromatic carbocycles. The number of amides is 3. The number of rotatable bonds is 10. The molecule has 1 atom stereocenters. The number of nitrogens with zero attached hydrogens (tertiary/aromatic N) is 3. The molecule has 0 aliphatic carbocycles. The number of nitrogens with one attached hydrogen (secondary N) is 1. The van der Waals surface area contributed by atoms with E-state index in [0.29, 0.717) is 17.9 Å². The Balaban J connectivity index is 2.22. The summed E-state index contributed by atoms with van der Waals surface area (Å²) in [5.41, 5.74) is 15.1. The van der Waals surface area contributed by atoms with Crippen molar-refractivity contribution in [3.63, 3.8) is 0 Å². The van der Waals surface area contributed by atoms with Crippen LogP contribution in [0.3, 0.4) is 0 Å². The monoisotopic (exact) mass is 524 g/mol. The minimum absolute atomic E-state index is 0.0209. The molecule has 1 aromatic heterocycles. The van der Waals surface area contributed by atoms with Crippen LogP contribution in [0.5, 0.6) is 0 Å². The number of ether oxygens (including phenoxy) is 1. The molecule has 0 radical (unpaired) electrons. The third kappa shape index (κ3) is 6.25. The van der Waals surface area contributed by atoms with E-state index in [9.17, 15) is 14.4 Å². The van der Waals surface area contributed by atoms with Gasteiger partial charge in [0.05, 0.1) is 12.3 Å². The first-order chi connectivity index (χ1) is 17.5. The molecule has 37 heavy (non-hydrogen) atoms. The van der Waals surface area contributed by atoms with Crippen LogP contribution in [0.25, 0.3) is 0 Å². The molecule has 0 aliphatic heterocycles. The second-order valence-electron chi connectivity index (χ2n) is 8.83. The Hall–Kier alpha value is -3.96. The smallest absolute Gasteiger partial charge is 0.273 e. The molecule has 0 unspecified atom stereocenters. The zero-order chi connectivity index (χ0) is 27.3. The van der Waals surface area contributed by atoms with E-state index in [2.05, 4.69) is 9.69 Å². The van der Waals surface area contributed by atoms with Gasteiger partial charge in [-0.25, -0.2) is 0 Å². The molecule has 0 spiro atoms. The maximum absolute atomic E-state index is 14.1. The Morgan fingerprint density at radius 3 is 2.19 bits per heavy atom. The average Bonchev–Trinajstić information content (AvgIpc) is 3.23. The quantitative estimate of drug-likeness (QED) is 0.346. The van der Waals surface area contributed by atoms with Gasteiger partial charge in [0.2, 0.25) is 5.91 Å². The normalized spacial score (nSPS) is 11.6. The number of methoxy groups -OCH3 is 1. The number of hydrogen-bond donors (Lipinski definition) is 3. The number of anilines is 3. The second kappa shape index (κ2) is 11.8. The first kappa shape index (κ1) is 27.6. The first-order valence-corrected chi connectivity index (χ1v) is 12.3. The number of aromatic nitrogens is 1. The third-order valence-electron chi connectivity index (χ3n) is 5.70. The molecule has 5 N–H and O–H groups in total. The Morgan fingerprint density at radius 1 is 1.05 bits per heavy atom. The van der Waals surface area contributed by atoms with Gasteiger partial charge in [-0.15, -0.1) is 0 Å². The van der Waals surface area contributed by atoms with Crippen molar-refractivity contribution >= 4 is 46.3 Å². The Bertz CT molecular complexity index is 1270. The lowest BCUT2D eigenvalue weighted by atomic mass is 10.0. The van der Waals surface area contributed by atoms with Gasteiger partial charge in [0.25, 0.3) is 11.8 Å². The number of carbonyl (C=O) groups excluding carboxylic acids is 3. The summed E-state index contributed by atoms with van der Waals surface area (Å²) in [5.74, 6) is -1.81. The molecule has 3 aromatic rings. The van der Waals surface area contributed by atoms with E-state index < -0.39 is 23.8 Å². The molecule has 0 saturated heterocycles. The molecule has 0 bridgehead atoms. The zero-order valence-electron chi connectivity index (χ0n) is 21.6. The van der Waals surface area contributed by atoms with Crippen LogP contribution in [0, 0.1) is 13.8 Å². The van der Waals surface area contributed by atoms with E-state index in [-0.39, 0.29) is 22.8 Å². The molecule has 3 amide bonds. The summed E-state index contributed by atoms with van der Waals surface area (Å²) in [4.78, 5) is 42.9. The van der Waals surface area contributed by atoms with Crippen LogP contribution in [0.1, 0.15) is 42.9 Å². The van der Waals surface area contributed by atoms with Crippen molar-refractivity contribution in [2.75, 3.05) is 49.9 Å². The van der Waals surface area contributed by atoms with Gasteiger partial charge in [-0.3, -0.25) is 19.3 Å². The molecule has 3 rings (SSSR count). The van der Waals surface area contributed by atoms with Crippen molar-refractivity contribution in [2.45, 2.75) is 19.9 Å². The fraction of sp³-hybridized carbons (Fsp3) is 0.308. The number of nitrogen functional groups attached to an aromatic ring is 1. The van der Waals surface area contributed by atoms with Crippen molar-refractivity contribution in [1.29, 1.82) is 0 Å². The Labute approximate surface area is 220 Å². The highest BCUT2D eigenvalue weighted by atomic mass is 32.1. The molecule has 196 valence electrons. The largest absolute Gasteiger partial charge is 0.395 e. The van der Waals surface area contributed by atoms with Crippen LogP contribution in [-0.2, 0) is 9.53 Å².